The third kappa shape index (κ3) is 43.3. The fourth-order valence-corrected chi connectivity index (χ4v) is 6.39. The summed E-state index contributed by atoms with van der Waals surface area (Å²) in [5, 5.41) is 10.1. The summed E-state index contributed by atoms with van der Waals surface area (Å²) in [7, 11) is 1.39. The van der Waals surface area contributed by atoms with E-state index in [2.05, 4.69) is 44.2 Å². The highest BCUT2D eigenvalue weighted by atomic mass is 31.2. The van der Waals surface area contributed by atoms with Gasteiger partial charge in [-0.1, -0.05) is 145 Å². The molecule has 0 bridgehead atoms. The van der Waals surface area contributed by atoms with Crippen molar-refractivity contribution >= 4 is 19.8 Å². The first-order valence-corrected chi connectivity index (χ1v) is 24.3. The second-order valence-electron chi connectivity index (χ2n) is 16.3. The van der Waals surface area contributed by atoms with Gasteiger partial charge in [0, 0.05) is 12.8 Å². The number of aliphatic hydroxyl groups excluding tert-OH is 1. The minimum absolute atomic E-state index is 0.00511. The average molecular weight is 851 g/mol. The van der Waals surface area contributed by atoms with Gasteiger partial charge in [-0.15, -0.1) is 0 Å². The Bertz CT molecular complexity index is 1250. The van der Waals surface area contributed by atoms with Crippen LogP contribution in [0.2, 0.25) is 0 Å². The summed E-state index contributed by atoms with van der Waals surface area (Å²) in [6.45, 7) is 4.18. The molecule has 0 spiro atoms. The predicted molar refractivity (Wildman–Crippen MR) is 244 cm³/mol. The SMILES string of the molecule is CCCCC/C=C\C=C/[C@H](O)C/C=C\C/C=C/CCCC(=O)O[C@H](COC(=O)CCCCCCCCC/C=C\C/C=C\CCCCC)COP(=O)(O)OCC[N+](C)(C)C. The zero-order valence-electron chi connectivity index (χ0n) is 37.8. The Kier molecular flexibility index (Phi) is 37.8. The van der Waals surface area contributed by atoms with E-state index in [1.54, 1.807) is 6.08 Å². The first-order valence-electron chi connectivity index (χ1n) is 22.8. The van der Waals surface area contributed by atoms with E-state index in [1.807, 2.05) is 57.6 Å². The van der Waals surface area contributed by atoms with Crippen molar-refractivity contribution in [1.82, 2.24) is 0 Å². The van der Waals surface area contributed by atoms with E-state index in [1.165, 1.54) is 64.2 Å². The van der Waals surface area contributed by atoms with Crippen molar-refractivity contribution in [2.45, 2.75) is 174 Å². The van der Waals surface area contributed by atoms with E-state index in [9.17, 15) is 24.2 Å². The number of likely N-dealkylation sites (N-methyl/N-ethyl adjacent to an activating group) is 1. The molecule has 2 N–H and O–H groups in total. The molecule has 0 saturated heterocycles. The van der Waals surface area contributed by atoms with Crippen LogP contribution in [0.3, 0.4) is 0 Å². The lowest BCUT2D eigenvalue weighted by atomic mass is 10.1. The van der Waals surface area contributed by atoms with Gasteiger partial charge in [0.2, 0.25) is 0 Å². The first-order chi connectivity index (χ1) is 28.4. The Balaban J connectivity index is 4.52. The third-order valence-corrected chi connectivity index (χ3v) is 10.3. The van der Waals surface area contributed by atoms with Crippen LogP contribution in [0.1, 0.15) is 162 Å². The number of phosphoric acid groups is 1. The molecule has 0 fully saturated rings. The molecule has 0 amide bonds. The van der Waals surface area contributed by atoms with Gasteiger partial charge in [0.1, 0.15) is 19.8 Å². The molecular formula is C48H85NO9P+. The highest BCUT2D eigenvalue weighted by molar-refractivity contribution is 7.47. The van der Waals surface area contributed by atoms with E-state index in [-0.39, 0.29) is 26.1 Å². The maximum absolute atomic E-state index is 12.7. The minimum Gasteiger partial charge on any atom is -0.462 e. The van der Waals surface area contributed by atoms with Crippen LogP contribution >= 0.6 is 7.82 Å². The molecule has 340 valence electrons. The Morgan fingerprint density at radius 1 is 0.610 bits per heavy atom. The number of carbonyl (C=O) groups excluding carboxylic acids is 2. The van der Waals surface area contributed by atoms with Crippen molar-refractivity contribution in [1.29, 1.82) is 0 Å². The lowest BCUT2D eigenvalue weighted by Gasteiger charge is -2.24. The summed E-state index contributed by atoms with van der Waals surface area (Å²) >= 11 is 0. The second kappa shape index (κ2) is 39.5. The molecule has 0 aromatic heterocycles. The van der Waals surface area contributed by atoms with Crippen LogP contribution in [0.4, 0.5) is 0 Å². The number of rotatable bonds is 40. The van der Waals surface area contributed by atoms with E-state index >= 15 is 0 Å². The van der Waals surface area contributed by atoms with Gasteiger partial charge < -0.3 is 24.0 Å². The molecule has 0 aliphatic rings. The van der Waals surface area contributed by atoms with Gasteiger partial charge in [-0.3, -0.25) is 18.6 Å². The molecule has 0 rings (SSSR count). The van der Waals surface area contributed by atoms with Crippen LogP contribution in [0, 0.1) is 0 Å². The lowest BCUT2D eigenvalue weighted by molar-refractivity contribution is -0.870. The summed E-state index contributed by atoms with van der Waals surface area (Å²) in [6.07, 6.45) is 45.5. The monoisotopic (exact) mass is 851 g/mol. The second-order valence-corrected chi connectivity index (χ2v) is 17.7. The van der Waals surface area contributed by atoms with Crippen molar-refractivity contribution in [2.75, 3.05) is 47.5 Å². The van der Waals surface area contributed by atoms with Gasteiger partial charge in [0.25, 0.3) is 0 Å². The summed E-state index contributed by atoms with van der Waals surface area (Å²) in [6, 6.07) is 0. The van der Waals surface area contributed by atoms with Gasteiger partial charge >= 0.3 is 19.8 Å². The Morgan fingerprint density at radius 2 is 1.14 bits per heavy atom. The van der Waals surface area contributed by atoms with Crippen LogP contribution in [-0.2, 0) is 32.7 Å². The van der Waals surface area contributed by atoms with E-state index in [0.717, 1.165) is 44.9 Å². The molecule has 11 heteroatoms. The van der Waals surface area contributed by atoms with E-state index in [0.29, 0.717) is 36.7 Å². The number of aliphatic hydroxyl groups is 1. The van der Waals surface area contributed by atoms with Crippen molar-refractivity contribution in [2.24, 2.45) is 0 Å². The van der Waals surface area contributed by atoms with Gasteiger partial charge in [0.15, 0.2) is 6.10 Å². The Hall–Kier alpha value is -2.59. The quantitative estimate of drug-likeness (QED) is 0.0155. The van der Waals surface area contributed by atoms with E-state index < -0.39 is 38.6 Å². The maximum atomic E-state index is 12.7. The highest BCUT2D eigenvalue weighted by Crippen LogP contribution is 2.43. The number of esters is 2. The topological polar surface area (TPSA) is 129 Å². The van der Waals surface area contributed by atoms with Crippen LogP contribution in [-0.4, -0.2) is 86.1 Å². The molecular weight excluding hydrogens is 766 g/mol. The molecule has 0 aromatic rings. The van der Waals surface area contributed by atoms with E-state index in [4.69, 9.17) is 18.5 Å². The van der Waals surface area contributed by atoms with Gasteiger partial charge in [-0.2, -0.15) is 0 Å². The summed E-state index contributed by atoms with van der Waals surface area (Å²) in [4.78, 5) is 35.4. The average Bonchev–Trinajstić information content (AvgIpc) is 3.18. The number of ether oxygens (including phenoxy) is 2. The lowest BCUT2D eigenvalue weighted by Crippen LogP contribution is -2.37. The molecule has 59 heavy (non-hydrogen) atoms. The zero-order valence-corrected chi connectivity index (χ0v) is 38.7. The van der Waals surface area contributed by atoms with Crippen LogP contribution in [0.25, 0.3) is 0 Å². The summed E-state index contributed by atoms with van der Waals surface area (Å²) < 4.78 is 34.2. The normalized spacial score (nSPS) is 14.8. The molecule has 0 heterocycles. The molecule has 0 aromatic carbocycles. The number of carbonyl (C=O) groups is 2. The van der Waals surface area contributed by atoms with Crippen LogP contribution < -0.4 is 0 Å². The number of unbranched alkanes of at least 4 members (excludes halogenated alkanes) is 14. The number of allylic oxidation sites excluding steroid dienone is 10. The molecule has 10 nitrogen and oxygen atoms in total. The maximum Gasteiger partial charge on any atom is 0.472 e. The highest BCUT2D eigenvalue weighted by Gasteiger charge is 2.27. The fraction of sp³-hybridized carbons (Fsp3) is 0.708. The molecule has 0 radical (unpaired) electrons. The summed E-state index contributed by atoms with van der Waals surface area (Å²) in [5.74, 6) is -0.920. The molecule has 3 atom stereocenters. The number of quaternary nitrogens is 1. The molecule has 0 aliphatic heterocycles. The minimum atomic E-state index is -4.41. The predicted octanol–water partition coefficient (Wildman–Crippen LogP) is 12.0. The largest absolute Gasteiger partial charge is 0.472 e. The number of hydrogen-bond acceptors (Lipinski definition) is 8. The van der Waals surface area contributed by atoms with Gasteiger partial charge in [0.05, 0.1) is 33.9 Å². The summed E-state index contributed by atoms with van der Waals surface area (Å²) in [5.41, 5.74) is 0. The smallest absolute Gasteiger partial charge is 0.462 e. The fourth-order valence-electron chi connectivity index (χ4n) is 5.64. The standard InChI is InChI=1S/C48H84NO9P/c1-6-8-10-12-14-15-16-17-18-19-20-21-22-23-27-31-35-39-47(51)55-43-46(44-57-59(53,54)56-42-41-49(3,4)5)58-48(52)40-36-32-28-24-26-30-34-38-45(50)37-33-29-25-13-11-9-7-2/h14-15,17-18,24-25,28-30,33-34,37,45-46,50H,6-13,16,19-23,26-27,31-32,35-36,38-44H2,1-5H3/p+1/b15-14-,18-17-,28-24+,29-25-,34-30-,37-33-/t45-,46+/m0/s1. The van der Waals surface area contributed by atoms with Crippen LogP contribution in [0.5, 0.6) is 0 Å². The molecule has 0 aliphatic carbocycles. The van der Waals surface area contributed by atoms with Crippen molar-refractivity contribution in [3.8, 4) is 0 Å². The van der Waals surface area contributed by atoms with Gasteiger partial charge in [-0.05, 0) is 77.0 Å². The zero-order chi connectivity index (χ0) is 43.7. The molecule has 1 unspecified atom stereocenters. The van der Waals surface area contributed by atoms with Crippen molar-refractivity contribution in [3.05, 3.63) is 72.9 Å². The molecule has 0 saturated carbocycles. The van der Waals surface area contributed by atoms with Gasteiger partial charge in [-0.25, -0.2) is 4.57 Å². The van der Waals surface area contributed by atoms with Crippen molar-refractivity contribution < 1.29 is 47.2 Å². The van der Waals surface area contributed by atoms with Crippen molar-refractivity contribution in [3.63, 3.8) is 0 Å². The Morgan fingerprint density at radius 3 is 1.75 bits per heavy atom. The third-order valence-electron chi connectivity index (χ3n) is 9.29. The first kappa shape index (κ1) is 56.4. The number of hydrogen-bond donors (Lipinski definition) is 2. The van der Waals surface area contributed by atoms with Crippen LogP contribution in [0.15, 0.2) is 72.9 Å². The number of phosphoric ester groups is 1. The Labute approximate surface area is 360 Å². The number of nitrogens with zero attached hydrogens (tertiary/aromatic N) is 1.